The summed E-state index contributed by atoms with van der Waals surface area (Å²) in [4.78, 5) is 49.2. The molecule has 5 aliphatic heterocycles. The van der Waals surface area contributed by atoms with Gasteiger partial charge in [-0.1, -0.05) is 27.7 Å². The Morgan fingerprint density at radius 2 is 1.23 bits per heavy atom. The Kier molecular flexibility index (Phi) is 12.5. The van der Waals surface area contributed by atoms with E-state index in [1.807, 2.05) is 0 Å². The minimum absolute atomic E-state index is 0. The minimum Gasteiger partial charge on any atom is -0.453 e. The number of amides is 2. The molecule has 0 spiro atoms. The zero-order valence-corrected chi connectivity index (χ0v) is 28.7. The van der Waals surface area contributed by atoms with Crippen molar-refractivity contribution in [1.82, 2.24) is 10.6 Å². The number of rotatable bonds is 8. The van der Waals surface area contributed by atoms with Gasteiger partial charge in [-0.15, -0.1) is 47.2 Å². The van der Waals surface area contributed by atoms with Crippen LogP contribution in [0.3, 0.4) is 0 Å². The van der Waals surface area contributed by atoms with Crippen LogP contribution in [-0.2, 0) is 33.4 Å². The lowest BCUT2D eigenvalue weighted by Crippen LogP contribution is -2.80. The van der Waals surface area contributed by atoms with Crippen LogP contribution in [-0.4, -0.2) is 109 Å². The van der Waals surface area contributed by atoms with Gasteiger partial charge in [0.15, 0.2) is 11.2 Å². The van der Waals surface area contributed by atoms with Crippen LogP contribution in [0.4, 0.5) is 0 Å². The van der Waals surface area contributed by atoms with E-state index in [9.17, 15) is 34.5 Å². The average molecular weight is 765 g/mol. The van der Waals surface area contributed by atoms with E-state index in [1.54, 1.807) is 13.8 Å². The third-order valence-electron chi connectivity index (χ3n) is 11.8. The molecule has 7 rings (SSSR count). The molecule has 2 aliphatic carbocycles. The summed E-state index contributed by atoms with van der Waals surface area (Å²) in [5.41, 5.74) is -5.06. The number of epoxide rings is 1. The third-order valence-corrected chi connectivity index (χ3v) is 12.7. The first-order valence-corrected chi connectivity index (χ1v) is 17.3. The molecule has 7 aliphatic rings. The number of hydrogen-bond acceptors (Lipinski definition) is 10. The Morgan fingerprint density at radius 3 is 1.69 bits per heavy atom. The fourth-order valence-corrected chi connectivity index (χ4v) is 9.88. The summed E-state index contributed by atoms with van der Waals surface area (Å²) in [6, 6.07) is 0. The predicted octanol–water partition coefficient (Wildman–Crippen LogP) is 2.58. The number of alkyl halides is 3. The summed E-state index contributed by atoms with van der Waals surface area (Å²) >= 11 is 17.6. The zero-order chi connectivity index (χ0) is 32.7. The number of ether oxygens (including phenoxy) is 3. The largest absolute Gasteiger partial charge is 0.453 e. The van der Waals surface area contributed by atoms with Gasteiger partial charge in [0.05, 0.1) is 47.7 Å². The van der Waals surface area contributed by atoms with Crippen molar-refractivity contribution < 1.29 is 48.7 Å². The molecule has 0 bridgehead atoms. The first kappa shape index (κ1) is 41.3. The Hall–Kier alpha value is -1.12. The molecule has 0 aromatic carbocycles. The first-order valence-electron chi connectivity index (χ1n) is 15.8. The predicted molar refractivity (Wildman–Crippen MR) is 180 cm³/mol. The van der Waals surface area contributed by atoms with Crippen LogP contribution in [0.25, 0.3) is 0 Å². The lowest BCUT2D eigenvalue weighted by atomic mass is 9.63. The lowest BCUT2D eigenvalue weighted by Gasteiger charge is -2.55. The first-order chi connectivity index (χ1) is 21.2. The van der Waals surface area contributed by atoms with Crippen molar-refractivity contribution in [3.8, 4) is 0 Å². The van der Waals surface area contributed by atoms with E-state index in [0.29, 0.717) is 31.6 Å². The van der Waals surface area contributed by atoms with Crippen LogP contribution in [0.5, 0.6) is 0 Å². The molecule has 7 fully saturated rings. The van der Waals surface area contributed by atoms with Crippen molar-refractivity contribution in [1.29, 1.82) is 0 Å². The maximum Gasteiger partial charge on any atom is 0.339 e. The van der Waals surface area contributed by atoms with Gasteiger partial charge in [-0.2, -0.15) is 0 Å². The molecule has 5 saturated heterocycles. The van der Waals surface area contributed by atoms with Crippen molar-refractivity contribution in [3.63, 3.8) is 0 Å². The summed E-state index contributed by atoms with van der Waals surface area (Å²) in [7, 11) is 0. The van der Waals surface area contributed by atoms with Crippen molar-refractivity contribution in [3.05, 3.63) is 0 Å². The molecule has 14 atom stereocenters. The van der Waals surface area contributed by atoms with Crippen LogP contribution < -0.4 is 10.6 Å². The summed E-state index contributed by atoms with van der Waals surface area (Å²) in [5, 5.41) is 37.1. The van der Waals surface area contributed by atoms with Gasteiger partial charge >= 0.3 is 11.9 Å². The molecule has 4 unspecified atom stereocenters. The Labute approximate surface area is 303 Å². The smallest absolute Gasteiger partial charge is 0.339 e. The molecule has 0 aromatic heterocycles. The number of aliphatic hydroxyl groups is 3. The van der Waals surface area contributed by atoms with Crippen LogP contribution in [0.15, 0.2) is 0 Å². The number of aliphatic hydroxyl groups excluding tert-OH is 3. The normalized spacial score (nSPS) is 45.8. The number of fused-ring (bicyclic) bond motifs is 3. The topological polar surface area (TPSA) is 184 Å². The summed E-state index contributed by atoms with van der Waals surface area (Å²) in [6.07, 6.45) is 2.47. The molecule has 48 heavy (non-hydrogen) atoms. The summed E-state index contributed by atoms with van der Waals surface area (Å²) < 4.78 is 16.3. The number of halogens is 4. The van der Waals surface area contributed by atoms with Crippen LogP contribution in [0.1, 0.15) is 80.1 Å². The summed E-state index contributed by atoms with van der Waals surface area (Å²) in [6.45, 7) is 3.36. The zero-order valence-electron chi connectivity index (χ0n) is 25.6. The molecule has 2 saturated carbocycles. The molecule has 0 radical (unpaired) electrons. The Balaban J connectivity index is 0.000000245. The second-order valence-corrected chi connectivity index (χ2v) is 15.2. The van der Waals surface area contributed by atoms with Crippen molar-refractivity contribution in [2.24, 2.45) is 23.7 Å². The monoisotopic (exact) mass is 762 g/mol. The van der Waals surface area contributed by atoms with E-state index in [1.165, 1.54) is 0 Å². The SMILES string of the molecule is C.C.C[C@@]12OC(=O)[C@]1([C@@H](O)[C@H]1CCCC(Cl)C1O)NC(=O)[C@@H]2CCCl.C[C@@]12OC(=O)[C@]1([C@@H](O)[C@H]1CCCC3OC31)NC(=O)[C@@H]2CCCl.Cl. The molecular weight excluding hydrogens is 714 g/mol. The highest BCUT2D eigenvalue weighted by atomic mass is 35.5. The maximum atomic E-state index is 12.3. The number of carbonyl (C=O) groups excluding carboxylic acids is 4. The van der Waals surface area contributed by atoms with E-state index in [4.69, 9.17) is 49.0 Å². The van der Waals surface area contributed by atoms with Gasteiger partial charge in [0.2, 0.25) is 22.9 Å². The number of hydrogen-bond donors (Lipinski definition) is 5. The minimum atomic E-state index is -1.53. The van der Waals surface area contributed by atoms with Gasteiger partial charge in [0.25, 0.3) is 0 Å². The van der Waals surface area contributed by atoms with E-state index >= 15 is 0 Å². The van der Waals surface area contributed by atoms with E-state index in [2.05, 4.69) is 10.6 Å². The molecule has 0 aromatic rings. The van der Waals surface area contributed by atoms with Gasteiger partial charge in [0.1, 0.15) is 0 Å². The molecule has 12 nitrogen and oxygen atoms in total. The Morgan fingerprint density at radius 1 is 0.792 bits per heavy atom. The fraction of sp³-hybridized carbons (Fsp3) is 0.875. The fourth-order valence-electron chi connectivity index (χ4n) is 9.10. The van der Waals surface area contributed by atoms with Crippen LogP contribution >= 0.6 is 47.2 Å². The van der Waals surface area contributed by atoms with Gasteiger partial charge < -0.3 is 40.2 Å². The van der Waals surface area contributed by atoms with E-state index < -0.39 is 75.7 Å². The Bertz CT molecular complexity index is 1270. The molecule has 5 N–H and O–H groups in total. The average Bonchev–Trinajstić information content (AvgIpc) is 3.74. The number of nitrogens with one attached hydrogen (secondary N) is 2. The molecule has 16 heteroatoms. The molecule has 276 valence electrons. The second-order valence-electron chi connectivity index (χ2n) is 13.9. The quantitative estimate of drug-likeness (QED) is 0.140. The van der Waals surface area contributed by atoms with Crippen molar-refractivity contribution >= 4 is 71.0 Å². The van der Waals surface area contributed by atoms with Crippen LogP contribution in [0, 0.1) is 23.7 Å². The molecule has 5 heterocycles. The van der Waals surface area contributed by atoms with Gasteiger partial charge in [-0.3, -0.25) is 9.59 Å². The highest BCUT2D eigenvalue weighted by Gasteiger charge is 2.81. The second kappa shape index (κ2) is 14.5. The highest BCUT2D eigenvalue weighted by Crippen LogP contribution is 2.56. The van der Waals surface area contributed by atoms with Crippen molar-refractivity contribution in [2.75, 3.05) is 11.8 Å². The maximum absolute atomic E-state index is 12.3. The van der Waals surface area contributed by atoms with Crippen molar-refractivity contribution in [2.45, 2.75) is 138 Å². The van der Waals surface area contributed by atoms with Gasteiger partial charge in [0, 0.05) is 23.6 Å². The molecule has 2 amide bonds. The van der Waals surface area contributed by atoms with Crippen LogP contribution in [0.2, 0.25) is 0 Å². The van der Waals surface area contributed by atoms with Gasteiger partial charge in [-0.05, 0) is 52.4 Å². The summed E-state index contributed by atoms with van der Waals surface area (Å²) in [5.74, 6) is -3.14. The highest BCUT2D eigenvalue weighted by molar-refractivity contribution is 6.21. The van der Waals surface area contributed by atoms with E-state index in [0.717, 1.165) is 25.7 Å². The third kappa shape index (κ3) is 5.54. The standard InChI is InChI=1S/C15H21Cl2NO5.C15H20ClNO5.2CH4.ClH/c1-14-8(5-6-16)12(21)18-15(14,13(22)23-14)11(20)7-3-2-4-9(17)10(7)19;1-14-8(5-6-16)12(19)17-15(14,13(20)22-14)11(18)7-3-2-4-9-10(7)21-9;;;/h7-11,19-20H,2-6H2,1H3,(H,18,21);7-11,18H,2-6H2,1H3,(H,17,19);2*1H4;1H/t2*7-,8-,9?,10?,11-,14-,15-;;;/m00.../s1. The van der Waals surface area contributed by atoms with Gasteiger partial charge in [-0.25, -0.2) is 9.59 Å². The number of esters is 2. The van der Waals surface area contributed by atoms with E-state index in [-0.39, 0.29) is 63.1 Å². The molecular formula is C32H50Cl4N2O10. The lowest BCUT2D eigenvalue weighted by molar-refractivity contribution is -0.243. The number of carbonyl (C=O) groups is 4.